The number of aryl methyl sites for hydroxylation is 1. The molecule has 13 nitrogen and oxygen atoms in total. The maximum Gasteiger partial charge on any atom is 0.245 e. The zero-order chi connectivity index (χ0) is 60.0. The molecule has 2 heterocycles. The summed E-state index contributed by atoms with van der Waals surface area (Å²) in [5.41, 5.74) is 9.20. The number of benzene rings is 3. The van der Waals surface area contributed by atoms with Gasteiger partial charge in [0, 0.05) is 72.1 Å². The van der Waals surface area contributed by atoms with Crippen molar-refractivity contribution in [3.8, 4) is 0 Å². The molecule has 84 heavy (non-hydrogen) atoms. The fourth-order valence-corrected chi connectivity index (χ4v) is 16.2. The van der Waals surface area contributed by atoms with E-state index in [1.807, 2.05) is 118 Å². The van der Waals surface area contributed by atoms with Crippen LogP contribution in [0.4, 0.5) is 0 Å². The Morgan fingerprint density at radius 3 is 1.38 bits per heavy atom. The predicted molar refractivity (Wildman–Crippen MR) is 334 cm³/mol. The first-order valence-corrected chi connectivity index (χ1v) is 32.9. The van der Waals surface area contributed by atoms with Crippen molar-refractivity contribution < 1.29 is 28.8 Å². The minimum atomic E-state index is -0.737. The van der Waals surface area contributed by atoms with Gasteiger partial charge in [0.25, 0.3) is 0 Å². The molecule has 0 radical (unpaired) electrons. The normalized spacial score (nSPS) is 25.0. The smallest absolute Gasteiger partial charge is 0.245 e. The maximum absolute atomic E-state index is 14.2. The summed E-state index contributed by atoms with van der Waals surface area (Å²) in [5.74, 6) is 1.44. The Bertz CT molecular complexity index is 2770. The molecular weight excluding hydrogens is 1090 g/mol. The number of amides is 6. The third kappa shape index (κ3) is 15.4. The van der Waals surface area contributed by atoms with Crippen LogP contribution in [0.25, 0.3) is 0 Å². The Morgan fingerprint density at radius 2 is 0.976 bits per heavy atom. The van der Waals surface area contributed by atoms with E-state index in [0.717, 1.165) is 80.9 Å². The molecule has 7 aliphatic rings. The van der Waals surface area contributed by atoms with Crippen LogP contribution in [-0.4, -0.2) is 94.6 Å². The summed E-state index contributed by atoms with van der Waals surface area (Å²) >= 11 is 12.3. The summed E-state index contributed by atoms with van der Waals surface area (Å²) in [6, 6.07) is 21.2. The number of rotatable bonds is 14. The average molecular weight is 1190 g/mol. The lowest BCUT2D eigenvalue weighted by Gasteiger charge is -2.48. The lowest BCUT2D eigenvalue weighted by Crippen LogP contribution is -2.59. The van der Waals surface area contributed by atoms with Crippen molar-refractivity contribution in [1.82, 2.24) is 31.1 Å². The number of carbonyl (C=O) groups excluding carboxylic acids is 6. The Morgan fingerprint density at radius 1 is 0.548 bits per heavy atom. The first-order valence-electron chi connectivity index (χ1n) is 32.2. The molecule has 2 saturated heterocycles. The third-order valence-electron chi connectivity index (χ3n) is 20.5. The second kappa shape index (κ2) is 27.4. The van der Waals surface area contributed by atoms with E-state index < -0.39 is 34.9 Å². The summed E-state index contributed by atoms with van der Waals surface area (Å²) in [6.45, 7) is 14.3. The van der Waals surface area contributed by atoms with Gasteiger partial charge < -0.3 is 36.8 Å². The minimum absolute atomic E-state index is 0.0278. The van der Waals surface area contributed by atoms with E-state index in [1.165, 1.54) is 37.7 Å². The fourth-order valence-electron chi connectivity index (χ4n) is 15.9. The van der Waals surface area contributed by atoms with Crippen molar-refractivity contribution in [3.63, 3.8) is 0 Å². The highest BCUT2D eigenvalue weighted by molar-refractivity contribution is 6.30. The summed E-state index contributed by atoms with van der Waals surface area (Å²) in [7, 11) is 0. The van der Waals surface area contributed by atoms with Crippen LogP contribution in [-0.2, 0) is 48.0 Å². The summed E-state index contributed by atoms with van der Waals surface area (Å²) in [6.07, 6.45) is 20.7. The third-order valence-corrected chi connectivity index (χ3v) is 21.0. The van der Waals surface area contributed by atoms with Gasteiger partial charge in [-0.2, -0.15) is 0 Å². The van der Waals surface area contributed by atoms with Crippen LogP contribution < -0.4 is 27.0 Å². The van der Waals surface area contributed by atoms with Crippen molar-refractivity contribution in [3.05, 3.63) is 105 Å². The van der Waals surface area contributed by atoms with Gasteiger partial charge in [0.2, 0.25) is 35.4 Å². The number of nitrogens with zero attached hydrogens (tertiary/aromatic N) is 2. The largest absolute Gasteiger partial charge is 0.351 e. The van der Waals surface area contributed by atoms with E-state index in [0.29, 0.717) is 105 Å². The molecule has 3 aromatic carbocycles. The van der Waals surface area contributed by atoms with E-state index in [4.69, 9.17) is 28.9 Å². The van der Waals surface area contributed by atoms with Crippen molar-refractivity contribution in [2.75, 3.05) is 26.2 Å². The SMILES string of the molecule is CC(C)(C)NC(=O)C1(C2CCCCC2)CCN(C(=O)[C@@H](Cc2ccc(Cl)cc2)NC(=O)C2CC3CCC2C3)CC1.CC(C)(C)NC(=O)C1(C2CCCCC2)CCN(C(=O)[C@@H](Cc2ccc(Cl)cc2)NC(=O)[C@@H]2CCc3ccccc3[C@H]2N)CC1. The van der Waals surface area contributed by atoms with Gasteiger partial charge in [-0.1, -0.05) is 117 Å². The monoisotopic (exact) mass is 1190 g/mol. The van der Waals surface area contributed by atoms with Gasteiger partial charge in [0.15, 0.2) is 0 Å². The highest BCUT2D eigenvalue weighted by atomic mass is 35.5. The highest BCUT2D eigenvalue weighted by Crippen LogP contribution is 2.50. The van der Waals surface area contributed by atoms with Crippen LogP contribution in [0, 0.1) is 46.3 Å². The molecule has 10 rings (SSSR count). The number of likely N-dealkylation sites (tertiary alicyclic amines) is 2. The van der Waals surface area contributed by atoms with E-state index in [1.54, 1.807) is 0 Å². The van der Waals surface area contributed by atoms with E-state index >= 15 is 0 Å². The van der Waals surface area contributed by atoms with Gasteiger partial charge >= 0.3 is 0 Å². The van der Waals surface area contributed by atoms with Crippen LogP contribution in [0.3, 0.4) is 0 Å². The molecule has 458 valence electrons. The van der Waals surface area contributed by atoms with E-state index in [-0.39, 0.29) is 52.4 Å². The first kappa shape index (κ1) is 63.5. The Hall–Kier alpha value is -4.98. The zero-order valence-electron chi connectivity index (χ0n) is 51.2. The molecule has 15 heteroatoms. The number of carbonyl (C=O) groups is 6. The Kier molecular flexibility index (Phi) is 20.7. The van der Waals surface area contributed by atoms with Gasteiger partial charge in [0.1, 0.15) is 12.1 Å². The molecular formula is C69H97Cl2N7O6. The maximum atomic E-state index is 14.2. The van der Waals surface area contributed by atoms with Crippen LogP contribution in [0.15, 0.2) is 72.8 Å². The molecule has 0 spiro atoms. The Balaban J connectivity index is 0.000000202. The fraction of sp³-hybridized carbons (Fsp3) is 0.652. The number of nitrogens with two attached hydrogens (primary N) is 1. The van der Waals surface area contributed by atoms with Gasteiger partial charge in [-0.05, 0) is 195 Å². The standard InChI is InChI=1S/C36H49ClN4O3.C33H48ClN3O3/c1-35(2,3)40-34(44)36(26-10-5-4-6-11-26)19-21-41(22-20-36)33(43)30(23-24-13-16-27(37)17-14-24)39-32(42)29-18-15-25-9-7-8-12-28(25)31(29)38;1-32(2,3)36-31(40)33(25-7-5-4-6-8-25)15-17-37(18-16-33)30(39)28(21-22-10-13-26(34)14-11-22)35-29(38)27-20-23-9-12-24(27)19-23/h7-9,12-14,16-17,26,29-31H,4-6,10-11,15,18-23,38H2,1-3H3,(H,39,42)(H,40,44);10-11,13-14,23-25,27-28H,4-9,12,15-21H2,1-3H3,(H,35,38)(H,36,40)/t29-,30-,31-;23?,24?,27?,28-/m11/s1. The average Bonchev–Trinajstić information content (AvgIpc) is 2.57. The molecule has 3 aromatic rings. The highest BCUT2D eigenvalue weighted by Gasteiger charge is 2.52. The molecule has 6 fully saturated rings. The lowest BCUT2D eigenvalue weighted by molar-refractivity contribution is -0.147. The summed E-state index contributed by atoms with van der Waals surface area (Å²) in [5, 5.41) is 14.2. The molecule has 0 aromatic heterocycles. The molecule has 3 unspecified atom stereocenters. The van der Waals surface area contributed by atoms with Crippen molar-refractivity contribution in [2.24, 2.45) is 52.1 Å². The quantitative estimate of drug-likeness (QED) is 0.106. The van der Waals surface area contributed by atoms with Gasteiger partial charge in [-0.25, -0.2) is 0 Å². The van der Waals surface area contributed by atoms with Crippen LogP contribution in [0.1, 0.15) is 192 Å². The number of nitrogens with one attached hydrogen (secondary N) is 4. The van der Waals surface area contributed by atoms with Crippen LogP contribution >= 0.6 is 23.2 Å². The van der Waals surface area contributed by atoms with Gasteiger partial charge in [0.05, 0.1) is 16.7 Å². The number of hydrogen-bond donors (Lipinski definition) is 5. The van der Waals surface area contributed by atoms with Crippen molar-refractivity contribution >= 4 is 58.6 Å². The second-order valence-electron chi connectivity index (χ2n) is 28.5. The van der Waals surface area contributed by atoms with Crippen LogP contribution in [0.2, 0.25) is 10.0 Å². The predicted octanol–water partition coefficient (Wildman–Crippen LogP) is 11.6. The topological polar surface area (TPSA) is 183 Å². The molecule has 2 bridgehead atoms. The number of halogens is 2. The summed E-state index contributed by atoms with van der Waals surface area (Å²) in [4.78, 5) is 86.9. The van der Waals surface area contributed by atoms with Gasteiger partial charge in [-0.15, -0.1) is 0 Å². The number of piperidine rings is 2. The molecule has 2 aliphatic heterocycles. The molecule has 6 amide bonds. The summed E-state index contributed by atoms with van der Waals surface area (Å²) < 4.78 is 0. The minimum Gasteiger partial charge on any atom is -0.351 e. The number of hydrogen-bond acceptors (Lipinski definition) is 7. The Labute approximate surface area is 511 Å². The van der Waals surface area contributed by atoms with Crippen molar-refractivity contribution in [2.45, 2.75) is 212 Å². The molecule has 4 saturated carbocycles. The number of fused-ring (bicyclic) bond motifs is 3. The molecule has 7 atom stereocenters. The van der Waals surface area contributed by atoms with Crippen LogP contribution in [0.5, 0.6) is 0 Å². The van der Waals surface area contributed by atoms with E-state index in [9.17, 15) is 28.8 Å². The van der Waals surface area contributed by atoms with Crippen molar-refractivity contribution in [1.29, 1.82) is 0 Å². The second-order valence-corrected chi connectivity index (χ2v) is 29.3. The molecule has 6 N–H and O–H groups in total. The molecule has 5 aliphatic carbocycles. The van der Waals surface area contributed by atoms with E-state index in [2.05, 4.69) is 27.3 Å². The van der Waals surface area contributed by atoms with Gasteiger partial charge in [-0.3, -0.25) is 28.8 Å². The lowest BCUT2D eigenvalue weighted by atomic mass is 9.63. The first-order chi connectivity index (χ1) is 40.0. The zero-order valence-corrected chi connectivity index (χ0v) is 52.7.